The molecule has 4 saturated carbocycles. The lowest BCUT2D eigenvalue weighted by atomic mass is 9.42. The average Bonchev–Trinajstić information content (AvgIpc) is 3.13. The van der Waals surface area contributed by atoms with Crippen molar-refractivity contribution in [2.45, 2.75) is 110 Å². The summed E-state index contributed by atoms with van der Waals surface area (Å²) in [5.74, 6) is -0.780. The molecule has 0 heterocycles. The number of rotatable bonds is 6. The third-order valence-electron chi connectivity index (χ3n) is 11.2. The molecule has 0 radical (unpaired) electrons. The van der Waals surface area contributed by atoms with Crippen LogP contribution in [0.2, 0.25) is 0 Å². The first kappa shape index (κ1) is 26.8. The molecule has 4 rings (SSSR count). The molecular weight excluding hydrogens is 450 g/mol. The second-order valence-corrected chi connectivity index (χ2v) is 12.7. The Morgan fingerprint density at radius 2 is 1.57 bits per heavy atom. The van der Waals surface area contributed by atoms with E-state index in [4.69, 9.17) is 5.11 Å². The molecular formula is C27H45NO7. The van der Waals surface area contributed by atoms with Crippen LogP contribution >= 0.6 is 0 Å². The van der Waals surface area contributed by atoms with E-state index in [0.29, 0.717) is 32.1 Å². The Hall–Kier alpha value is -1.22. The molecule has 6 N–H and O–H groups in total. The molecule has 13 atom stereocenters. The van der Waals surface area contributed by atoms with Gasteiger partial charge >= 0.3 is 5.97 Å². The van der Waals surface area contributed by atoms with E-state index in [-0.39, 0.29) is 53.3 Å². The third-order valence-corrected chi connectivity index (χ3v) is 11.2. The van der Waals surface area contributed by atoms with Crippen LogP contribution < -0.4 is 5.32 Å². The van der Waals surface area contributed by atoms with Crippen molar-refractivity contribution in [3.63, 3.8) is 0 Å². The summed E-state index contributed by atoms with van der Waals surface area (Å²) < 4.78 is 0. The molecule has 200 valence electrons. The van der Waals surface area contributed by atoms with Gasteiger partial charge in [0.25, 0.3) is 0 Å². The molecule has 0 spiro atoms. The maximum Gasteiger partial charge on any atom is 0.325 e. The Labute approximate surface area is 208 Å². The highest BCUT2D eigenvalue weighted by molar-refractivity contribution is 5.83. The monoisotopic (exact) mass is 495 g/mol. The maximum absolute atomic E-state index is 12.3. The standard InChI is InChI=1S/C27H45NO7/c1-13(5-8-23(33)28-14(2)25(34)35)17-6-7-18-24-19(12-22(32)27(17,18)4)26(3)15(10-20(24)30)9-16(29)11-21(26)31/h13-22,24,29-32H,5-12H2,1-4H3,(H,28,33)(H,34,35)/t13-,14?,15+,16+,17-,18+,19+,20-,21-,22+,24+,26+,27-/m1/s1. The van der Waals surface area contributed by atoms with Crippen molar-refractivity contribution in [3.8, 4) is 0 Å². The topological polar surface area (TPSA) is 147 Å². The summed E-state index contributed by atoms with van der Waals surface area (Å²) in [6, 6.07) is -0.919. The summed E-state index contributed by atoms with van der Waals surface area (Å²) >= 11 is 0. The lowest BCUT2D eigenvalue weighted by molar-refractivity contribution is -0.234. The number of carbonyl (C=O) groups is 2. The van der Waals surface area contributed by atoms with Gasteiger partial charge in [-0.3, -0.25) is 9.59 Å². The van der Waals surface area contributed by atoms with Gasteiger partial charge in [0.1, 0.15) is 6.04 Å². The minimum atomic E-state index is -1.06. The zero-order valence-electron chi connectivity index (χ0n) is 21.6. The number of hydrogen-bond donors (Lipinski definition) is 6. The summed E-state index contributed by atoms with van der Waals surface area (Å²) in [5, 5.41) is 55.9. The van der Waals surface area contributed by atoms with Crippen LogP contribution in [0.3, 0.4) is 0 Å². The Morgan fingerprint density at radius 3 is 2.23 bits per heavy atom. The highest BCUT2D eigenvalue weighted by Crippen LogP contribution is 2.68. The van der Waals surface area contributed by atoms with Gasteiger partial charge in [0, 0.05) is 6.42 Å². The van der Waals surface area contributed by atoms with Crippen LogP contribution in [0.4, 0.5) is 0 Å². The molecule has 4 fully saturated rings. The second kappa shape index (κ2) is 9.58. The first-order valence-electron chi connectivity index (χ1n) is 13.6. The molecule has 0 aromatic carbocycles. The molecule has 8 heteroatoms. The van der Waals surface area contributed by atoms with E-state index in [1.165, 1.54) is 6.92 Å². The second-order valence-electron chi connectivity index (χ2n) is 12.7. The van der Waals surface area contributed by atoms with Crippen LogP contribution in [-0.4, -0.2) is 67.9 Å². The Balaban J connectivity index is 1.50. The van der Waals surface area contributed by atoms with Crippen LogP contribution in [0.25, 0.3) is 0 Å². The lowest BCUT2D eigenvalue weighted by Gasteiger charge is -2.64. The number of carboxylic acid groups (broad SMARTS) is 1. The maximum atomic E-state index is 12.3. The van der Waals surface area contributed by atoms with Gasteiger partial charge in [-0.2, -0.15) is 0 Å². The van der Waals surface area contributed by atoms with E-state index in [1.807, 2.05) is 0 Å². The van der Waals surface area contributed by atoms with Crippen molar-refractivity contribution >= 4 is 11.9 Å². The number of carbonyl (C=O) groups excluding carboxylic acids is 1. The zero-order chi connectivity index (χ0) is 25.9. The molecule has 1 amide bonds. The van der Waals surface area contributed by atoms with E-state index >= 15 is 0 Å². The predicted molar refractivity (Wildman–Crippen MR) is 129 cm³/mol. The molecule has 0 bridgehead atoms. The first-order valence-corrected chi connectivity index (χ1v) is 13.6. The summed E-state index contributed by atoms with van der Waals surface area (Å²) in [6.45, 7) is 7.83. The number of carboxylic acids is 1. The number of aliphatic hydroxyl groups excluding tert-OH is 4. The fourth-order valence-electron chi connectivity index (χ4n) is 9.14. The minimum absolute atomic E-state index is 0.00386. The Bertz CT molecular complexity index is 821. The Morgan fingerprint density at radius 1 is 0.914 bits per heavy atom. The van der Waals surface area contributed by atoms with Crippen molar-refractivity contribution in [1.82, 2.24) is 5.32 Å². The molecule has 4 aliphatic carbocycles. The molecule has 0 aromatic heterocycles. The van der Waals surface area contributed by atoms with Crippen molar-refractivity contribution in [3.05, 3.63) is 0 Å². The van der Waals surface area contributed by atoms with Gasteiger partial charge in [0.15, 0.2) is 0 Å². The quantitative estimate of drug-likeness (QED) is 0.330. The summed E-state index contributed by atoms with van der Waals surface area (Å²) in [4.78, 5) is 23.3. The van der Waals surface area contributed by atoms with Gasteiger partial charge in [0.2, 0.25) is 5.91 Å². The van der Waals surface area contributed by atoms with Crippen LogP contribution in [-0.2, 0) is 9.59 Å². The summed E-state index contributed by atoms with van der Waals surface area (Å²) in [5.41, 5.74) is -0.803. The molecule has 0 aliphatic heterocycles. The number of fused-ring (bicyclic) bond motifs is 5. The number of hydrogen-bond acceptors (Lipinski definition) is 6. The molecule has 0 aromatic rings. The van der Waals surface area contributed by atoms with E-state index < -0.39 is 41.8 Å². The van der Waals surface area contributed by atoms with Crippen LogP contribution in [0.15, 0.2) is 0 Å². The van der Waals surface area contributed by atoms with E-state index in [2.05, 4.69) is 26.1 Å². The van der Waals surface area contributed by atoms with Gasteiger partial charge in [-0.05, 0) is 98.2 Å². The number of amides is 1. The summed E-state index contributed by atoms with van der Waals surface area (Å²) in [7, 11) is 0. The fourth-order valence-corrected chi connectivity index (χ4v) is 9.14. The smallest absolute Gasteiger partial charge is 0.325 e. The molecule has 4 aliphatic rings. The van der Waals surface area contributed by atoms with Gasteiger partial charge in [0.05, 0.1) is 24.4 Å². The SMILES string of the molecule is CC(NC(=O)CC[C@@H](C)[C@H]1CC[C@H]2[C@@H]3[C@H](O)C[C@@H]4C[C@H](O)C[C@@H](O)[C@]4(C)[C@H]3C[C@H](O)[C@]12C)C(=O)O. The van der Waals surface area contributed by atoms with Gasteiger partial charge in [-0.25, -0.2) is 0 Å². The normalized spacial score (nSPS) is 48.7. The predicted octanol–water partition coefficient (Wildman–Crippen LogP) is 1.92. The average molecular weight is 496 g/mol. The van der Waals surface area contributed by atoms with E-state index in [1.54, 1.807) is 0 Å². The number of nitrogens with one attached hydrogen (secondary N) is 1. The van der Waals surface area contributed by atoms with Crippen LogP contribution in [0.1, 0.15) is 79.1 Å². The highest BCUT2D eigenvalue weighted by Gasteiger charge is 2.67. The third kappa shape index (κ3) is 4.32. The van der Waals surface area contributed by atoms with E-state index in [0.717, 1.165) is 12.8 Å². The first-order chi connectivity index (χ1) is 16.3. The number of aliphatic hydroxyl groups is 4. The molecule has 8 nitrogen and oxygen atoms in total. The Kier molecular flexibility index (Phi) is 7.35. The van der Waals surface area contributed by atoms with Crippen LogP contribution in [0.5, 0.6) is 0 Å². The molecule has 35 heavy (non-hydrogen) atoms. The zero-order valence-corrected chi connectivity index (χ0v) is 21.6. The van der Waals surface area contributed by atoms with E-state index in [9.17, 15) is 30.0 Å². The number of aliphatic carboxylic acids is 1. The van der Waals surface area contributed by atoms with Crippen molar-refractivity contribution in [2.24, 2.45) is 46.3 Å². The minimum Gasteiger partial charge on any atom is -0.480 e. The van der Waals surface area contributed by atoms with Gasteiger partial charge in [-0.1, -0.05) is 20.8 Å². The van der Waals surface area contributed by atoms with Gasteiger partial charge < -0.3 is 30.8 Å². The highest BCUT2D eigenvalue weighted by atomic mass is 16.4. The molecule has 0 saturated heterocycles. The molecule has 1 unspecified atom stereocenters. The lowest BCUT2D eigenvalue weighted by Crippen LogP contribution is -2.65. The van der Waals surface area contributed by atoms with Crippen molar-refractivity contribution < 1.29 is 35.1 Å². The van der Waals surface area contributed by atoms with Crippen molar-refractivity contribution in [2.75, 3.05) is 0 Å². The van der Waals surface area contributed by atoms with Crippen molar-refractivity contribution in [1.29, 1.82) is 0 Å². The largest absolute Gasteiger partial charge is 0.480 e. The fraction of sp³-hybridized carbons (Fsp3) is 0.926. The van der Waals surface area contributed by atoms with Gasteiger partial charge in [-0.15, -0.1) is 0 Å². The summed E-state index contributed by atoms with van der Waals surface area (Å²) in [6.07, 6.45) is 2.49. The van der Waals surface area contributed by atoms with Crippen LogP contribution in [0, 0.1) is 46.3 Å².